The predicted molar refractivity (Wildman–Crippen MR) is 82.4 cm³/mol. The normalized spacial score (nSPS) is 23.7. The number of hydrogen-bond donors (Lipinski definition) is 1. The van der Waals surface area contributed by atoms with Gasteiger partial charge in [0, 0.05) is 18.8 Å². The topological polar surface area (TPSA) is 46.2 Å². The average Bonchev–Trinajstić information content (AvgIpc) is 2.45. The fourth-order valence-corrected chi connectivity index (χ4v) is 3.59. The third kappa shape index (κ3) is 4.32. The summed E-state index contributed by atoms with van der Waals surface area (Å²) in [5, 5.41) is 3.61. The van der Waals surface area contributed by atoms with E-state index >= 15 is 0 Å². The monoisotopic (exact) mass is 295 g/mol. The van der Waals surface area contributed by atoms with Crippen LogP contribution in [0.3, 0.4) is 0 Å². The molecule has 0 saturated heterocycles. The maximum atomic E-state index is 11.4. The van der Waals surface area contributed by atoms with Crippen molar-refractivity contribution in [3.8, 4) is 0 Å². The molecular weight excluding hydrogens is 270 g/mol. The molecule has 0 aliphatic heterocycles. The van der Waals surface area contributed by atoms with Crippen molar-refractivity contribution in [1.29, 1.82) is 0 Å². The first kappa shape index (κ1) is 15.5. The maximum absolute atomic E-state index is 11.4. The number of rotatable bonds is 5. The van der Waals surface area contributed by atoms with Crippen LogP contribution in [-0.2, 0) is 16.4 Å². The number of sulfone groups is 1. The van der Waals surface area contributed by atoms with Gasteiger partial charge in [0.05, 0.1) is 4.90 Å². The highest BCUT2D eigenvalue weighted by Crippen LogP contribution is 2.26. The SMILES string of the molecule is CCC1CCCC(NCc2ccc(S(C)(=O)=O)cc2)C1. The second-order valence-electron chi connectivity index (χ2n) is 5.93. The van der Waals surface area contributed by atoms with Gasteiger partial charge in [0.1, 0.15) is 0 Å². The summed E-state index contributed by atoms with van der Waals surface area (Å²) in [5.74, 6) is 0.869. The highest BCUT2D eigenvalue weighted by Gasteiger charge is 2.20. The third-order valence-corrected chi connectivity index (χ3v) is 5.43. The fraction of sp³-hybridized carbons (Fsp3) is 0.625. The zero-order valence-electron chi connectivity index (χ0n) is 12.4. The van der Waals surface area contributed by atoms with Gasteiger partial charge in [-0.25, -0.2) is 8.42 Å². The molecule has 1 fully saturated rings. The Morgan fingerprint density at radius 1 is 1.20 bits per heavy atom. The Balaban J connectivity index is 1.88. The minimum Gasteiger partial charge on any atom is -0.310 e. The minimum absolute atomic E-state index is 0.393. The van der Waals surface area contributed by atoms with Crippen molar-refractivity contribution in [3.63, 3.8) is 0 Å². The van der Waals surface area contributed by atoms with E-state index in [1.165, 1.54) is 38.4 Å². The summed E-state index contributed by atoms with van der Waals surface area (Å²) in [6.07, 6.45) is 7.76. The van der Waals surface area contributed by atoms with Gasteiger partial charge in [-0.2, -0.15) is 0 Å². The average molecular weight is 295 g/mol. The molecule has 0 radical (unpaired) electrons. The van der Waals surface area contributed by atoms with Crippen LogP contribution < -0.4 is 5.32 Å². The van der Waals surface area contributed by atoms with E-state index in [0.29, 0.717) is 10.9 Å². The summed E-state index contributed by atoms with van der Waals surface area (Å²) in [6.45, 7) is 3.10. The predicted octanol–water partition coefficient (Wildman–Crippen LogP) is 3.15. The lowest BCUT2D eigenvalue weighted by atomic mass is 9.84. The zero-order valence-corrected chi connectivity index (χ0v) is 13.2. The second kappa shape index (κ2) is 6.72. The van der Waals surface area contributed by atoms with Crippen LogP contribution in [0.15, 0.2) is 29.2 Å². The Bertz CT molecular complexity index is 522. The third-order valence-electron chi connectivity index (χ3n) is 4.31. The van der Waals surface area contributed by atoms with Crippen LogP contribution >= 0.6 is 0 Å². The number of nitrogens with one attached hydrogen (secondary N) is 1. The van der Waals surface area contributed by atoms with Crippen molar-refractivity contribution in [1.82, 2.24) is 5.32 Å². The first-order chi connectivity index (χ1) is 9.49. The molecule has 112 valence electrons. The summed E-state index contributed by atoms with van der Waals surface area (Å²) in [4.78, 5) is 0.393. The van der Waals surface area contributed by atoms with E-state index in [2.05, 4.69) is 12.2 Å². The van der Waals surface area contributed by atoms with Crippen LogP contribution in [-0.4, -0.2) is 20.7 Å². The van der Waals surface area contributed by atoms with Crippen molar-refractivity contribution in [2.24, 2.45) is 5.92 Å². The van der Waals surface area contributed by atoms with Gasteiger partial charge in [0.15, 0.2) is 9.84 Å². The molecule has 0 heterocycles. The molecule has 0 amide bonds. The molecular formula is C16H25NO2S. The quantitative estimate of drug-likeness (QED) is 0.907. The van der Waals surface area contributed by atoms with Gasteiger partial charge in [0.25, 0.3) is 0 Å². The summed E-state index contributed by atoms with van der Waals surface area (Å²) in [7, 11) is -3.09. The molecule has 1 aromatic rings. The van der Waals surface area contributed by atoms with Crippen LogP contribution in [0, 0.1) is 5.92 Å². The smallest absolute Gasteiger partial charge is 0.175 e. The lowest BCUT2D eigenvalue weighted by Crippen LogP contribution is -2.33. The zero-order chi connectivity index (χ0) is 14.6. The van der Waals surface area contributed by atoms with Gasteiger partial charge >= 0.3 is 0 Å². The molecule has 2 rings (SSSR count). The van der Waals surface area contributed by atoms with Gasteiger partial charge in [-0.1, -0.05) is 38.3 Å². The minimum atomic E-state index is -3.09. The summed E-state index contributed by atoms with van der Waals surface area (Å²) < 4.78 is 22.8. The Labute approximate surface area is 122 Å². The first-order valence-corrected chi connectivity index (χ1v) is 9.40. The molecule has 0 spiro atoms. The Morgan fingerprint density at radius 2 is 1.90 bits per heavy atom. The molecule has 1 N–H and O–H groups in total. The molecule has 1 aromatic carbocycles. The Hall–Kier alpha value is -0.870. The van der Waals surface area contributed by atoms with Crippen LogP contribution in [0.2, 0.25) is 0 Å². The highest BCUT2D eigenvalue weighted by atomic mass is 32.2. The number of benzene rings is 1. The van der Waals surface area contributed by atoms with Crippen molar-refractivity contribution >= 4 is 9.84 Å². The van der Waals surface area contributed by atoms with E-state index < -0.39 is 9.84 Å². The fourth-order valence-electron chi connectivity index (χ4n) is 2.96. The van der Waals surface area contributed by atoms with Crippen LogP contribution in [0.1, 0.15) is 44.6 Å². The van der Waals surface area contributed by atoms with Crippen LogP contribution in [0.5, 0.6) is 0 Å². The van der Waals surface area contributed by atoms with E-state index in [1.807, 2.05) is 12.1 Å². The highest BCUT2D eigenvalue weighted by molar-refractivity contribution is 7.90. The largest absolute Gasteiger partial charge is 0.310 e. The van der Waals surface area contributed by atoms with Gasteiger partial charge in [-0.05, 0) is 36.5 Å². The lowest BCUT2D eigenvalue weighted by molar-refractivity contribution is 0.278. The van der Waals surface area contributed by atoms with Gasteiger partial charge in [0.2, 0.25) is 0 Å². The Kier molecular flexibility index (Phi) is 5.22. The molecule has 1 aliphatic carbocycles. The van der Waals surface area contributed by atoms with E-state index in [-0.39, 0.29) is 0 Å². The molecule has 0 bridgehead atoms. The molecule has 0 aromatic heterocycles. The van der Waals surface area contributed by atoms with E-state index in [1.54, 1.807) is 12.1 Å². The summed E-state index contributed by atoms with van der Waals surface area (Å²) in [6, 6.07) is 7.82. The molecule has 1 aliphatic rings. The van der Waals surface area contributed by atoms with E-state index in [9.17, 15) is 8.42 Å². The summed E-state index contributed by atoms with van der Waals surface area (Å²) in [5.41, 5.74) is 1.15. The first-order valence-electron chi connectivity index (χ1n) is 7.51. The molecule has 2 atom stereocenters. The maximum Gasteiger partial charge on any atom is 0.175 e. The van der Waals surface area contributed by atoms with Crippen LogP contribution in [0.25, 0.3) is 0 Å². The standard InChI is InChI=1S/C16H25NO2S/c1-3-13-5-4-6-15(11-13)17-12-14-7-9-16(10-8-14)20(2,18)19/h7-10,13,15,17H,3-6,11-12H2,1-2H3. The Morgan fingerprint density at radius 3 is 2.50 bits per heavy atom. The van der Waals surface area contributed by atoms with Crippen LogP contribution in [0.4, 0.5) is 0 Å². The summed E-state index contributed by atoms with van der Waals surface area (Å²) >= 11 is 0. The van der Waals surface area contributed by atoms with Crippen molar-refractivity contribution in [3.05, 3.63) is 29.8 Å². The van der Waals surface area contributed by atoms with Gasteiger partial charge in [-0.3, -0.25) is 0 Å². The molecule has 4 heteroatoms. The molecule has 3 nitrogen and oxygen atoms in total. The molecule has 1 saturated carbocycles. The number of hydrogen-bond acceptors (Lipinski definition) is 3. The van der Waals surface area contributed by atoms with Crippen molar-refractivity contribution < 1.29 is 8.42 Å². The van der Waals surface area contributed by atoms with Gasteiger partial charge in [-0.15, -0.1) is 0 Å². The van der Waals surface area contributed by atoms with Crippen molar-refractivity contribution in [2.45, 2.75) is 56.5 Å². The second-order valence-corrected chi connectivity index (χ2v) is 7.95. The van der Waals surface area contributed by atoms with Crippen molar-refractivity contribution in [2.75, 3.05) is 6.26 Å². The lowest BCUT2D eigenvalue weighted by Gasteiger charge is -2.29. The van der Waals surface area contributed by atoms with Gasteiger partial charge < -0.3 is 5.32 Å². The molecule has 20 heavy (non-hydrogen) atoms. The van der Waals surface area contributed by atoms with E-state index in [4.69, 9.17) is 0 Å². The van der Waals surface area contributed by atoms with E-state index in [0.717, 1.165) is 18.0 Å². The molecule has 2 unspecified atom stereocenters.